The number of carbonyl (C=O) groups excluding carboxylic acids is 1. The molecule has 0 radical (unpaired) electrons. The van der Waals surface area contributed by atoms with E-state index in [2.05, 4.69) is 20.9 Å². The van der Waals surface area contributed by atoms with Crippen LogP contribution in [-0.2, 0) is 0 Å². The summed E-state index contributed by atoms with van der Waals surface area (Å²) in [7, 11) is 0. The molecule has 1 heterocycles. The van der Waals surface area contributed by atoms with E-state index < -0.39 is 11.6 Å². The summed E-state index contributed by atoms with van der Waals surface area (Å²) in [6, 6.07) is 9.95. The second-order valence-corrected chi connectivity index (χ2v) is 5.65. The van der Waals surface area contributed by atoms with E-state index in [0.717, 1.165) is 15.4 Å². The number of fused-ring (bicyclic) bond motifs is 1. The highest BCUT2D eigenvalue weighted by Gasteiger charge is 2.19. The summed E-state index contributed by atoms with van der Waals surface area (Å²) < 4.78 is 14.8. The number of halogens is 3. The first-order valence-electron chi connectivity index (χ1n) is 5.83. The van der Waals surface area contributed by atoms with Crippen molar-refractivity contribution in [3.63, 3.8) is 0 Å². The van der Waals surface area contributed by atoms with Crippen molar-refractivity contribution in [2.24, 2.45) is 0 Å². The van der Waals surface area contributed by atoms with E-state index in [1.54, 1.807) is 12.3 Å². The molecule has 100 valence electrons. The molecule has 0 aliphatic heterocycles. The Hall–Kier alpha value is -1.65. The van der Waals surface area contributed by atoms with Crippen molar-refractivity contribution in [3.8, 4) is 0 Å². The Morgan fingerprint density at radius 3 is 2.80 bits per heavy atom. The van der Waals surface area contributed by atoms with Gasteiger partial charge in [0.1, 0.15) is 0 Å². The molecule has 0 unspecified atom stereocenters. The molecule has 0 aliphatic carbocycles. The molecular formula is C15H8BrClFNO. The van der Waals surface area contributed by atoms with Crippen LogP contribution < -0.4 is 0 Å². The molecular weight excluding hydrogens is 345 g/mol. The monoisotopic (exact) mass is 351 g/mol. The number of nitrogens with one attached hydrogen (secondary N) is 1. The Morgan fingerprint density at radius 1 is 1.20 bits per heavy atom. The zero-order valence-corrected chi connectivity index (χ0v) is 12.4. The summed E-state index contributed by atoms with van der Waals surface area (Å²) in [5.74, 6) is -1.09. The molecule has 2 nitrogen and oxygen atoms in total. The van der Waals surface area contributed by atoms with Crippen LogP contribution in [0.2, 0.25) is 5.02 Å². The van der Waals surface area contributed by atoms with Gasteiger partial charge in [-0.05, 0) is 30.3 Å². The molecule has 20 heavy (non-hydrogen) atoms. The first-order valence-corrected chi connectivity index (χ1v) is 7.00. The number of benzene rings is 2. The highest BCUT2D eigenvalue weighted by Crippen LogP contribution is 2.27. The third kappa shape index (κ3) is 2.15. The van der Waals surface area contributed by atoms with Crippen molar-refractivity contribution in [3.05, 3.63) is 69.0 Å². The maximum Gasteiger partial charge on any atom is 0.198 e. The molecule has 1 N–H and O–H groups in total. The molecule has 0 bridgehead atoms. The molecule has 0 saturated carbocycles. The predicted octanol–water partition coefficient (Wildman–Crippen LogP) is 4.95. The maximum atomic E-state index is 14.0. The second-order valence-electron chi connectivity index (χ2n) is 4.32. The fourth-order valence-corrected chi connectivity index (χ4v) is 2.64. The van der Waals surface area contributed by atoms with Gasteiger partial charge >= 0.3 is 0 Å². The molecule has 0 atom stereocenters. The van der Waals surface area contributed by atoms with Crippen molar-refractivity contribution in [2.45, 2.75) is 0 Å². The lowest BCUT2D eigenvalue weighted by Gasteiger charge is -2.03. The van der Waals surface area contributed by atoms with Crippen LogP contribution in [0.3, 0.4) is 0 Å². The lowest BCUT2D eigenvalue weighted by molar-refractivity contribution is 0.103. The average molecular weight is 353 g/mol. The minimum absolute atomic E-state index is 0.0293. The van der Waals surface area contributed by atoms with E-state index in [1.165, 1.54) is 12.1 Å². The van der Waals surface area contributed by atoms with E-state index in [-0.39, 0.29) is 10.6 Å². The largest absolute Gasteiger partial charge is 0.360 e. The highest BCUT2D eigenvalue weighted by atomic mass is 79.9. The van der Waals surface area contributed by atoms with Gasteiger partial charge in [-0.1, -0.05) is 33.6 Å². The molecule has 0 saturated heterocycles. The molecule has 5 heteroatoms. The number of hydrogen-bond donors (Lipinski definition) is 1. The van der Waals surface area contributed by atoms with Crippen LogP contribution in [0.25, 0.3) is 10.9 Å². The Bertz CT molecular complexity index is 828. The van der Waals surface area contributed by atoms with Gasteiger partial charge < -0.3 is 4.98 Å². The summed E-state index contributed by atoms with van der Waals surface area (Å²) >= 11 is 9.08. The number of aromatic nitrogens is 1. The van der Waals surface area contributed by atoms with Crippen LogP contribution in [0.15, 0.2) is 47.1 Å². The third-order valence-electron chi connectivity index (χ3n) is 3.08. The molecule has 0 amide bonds. The quantitative estimate of drug-likeness (QED) is 0.650. The van der Waals surface area contributed by atoms with Gasteiger partial charge in [0.05, 0.1) is 10.6 Å². The number of H-pyrrole nitrogens is 1. The number of hydrogen-bond acceptors (Lipinski definition) is 1. The molecule has 1 aromatic heterocycles. The van der Waals surface area contributed by atoms with E-state index in [1.807, 2.05) is 18.2 Å². The Morgan fingerprint density at radius 2 is 2.00 bits per heavy atom. The first kappa shape index (κ1) is 13.3. The predicted molar refractivity (Wildman–Crippen MR) is 80.8 cm³/mol. The SMILES string of the molecule is O=C(c1cccc(Cl)c1F)c1c[nH]c2ccc(Br)cc12. The van der Waals surface area contributed by atoms with Crippen LogP contribution in [0, 0.1) is 5.82 Å². The lowest BCUT2D eigenvalue weighted by Crippen LogP contribution is -2.03. The van der Waals surface area contributed by atoms with Gasteiger partial charge in [0.25, 0.3) is 0 Å². The normalized spacial score (nSPS) is 10.9. The van der Waals surface area contributed by atoms with Gasteiger partial charge in [0.2, 0.25) is 0 Å². The number of aromatic amines is 1. The summed E-state index contributed by atoms with van der Waals surface area (Å²) in [4.78, 5) is 15.5. The third-order valence-corrected chi connectivity index (χ3v) is 3.87. The average Bonchev–Trinajstić information content (AvgIpc) is 2.84. The fraction of sp³-hybridized carbons (Fsp3) is 0. The molecule has 0 aliphatic rings. The van der Waals surface area contributed by atoms with Gasteiger partial charge in [0, 0.05) is 27.1 Å². The van der Waals surface area contributed by atoms with E-state index in [0.29, 0.717) is 5.56 Å². The number of rotatable bonds is 2. The van der Waals surface area contributed by atoms with Gasteiger partial charge in [-0.15, -0.1) is 0 Å². The van der Waals surface area contributed by atoms with Gasteiger partial charge in [-0.3, -0.25) is 4.79 Å². The second kappa shape index (κ2) is 5.04. The van der Waals surface area contributed by atoms with E-state index >= 15 is 0 Å². The van der Waals surface area contributed by atoms with Crippen LogP contribution in [0.4, 0.5) is 4.39 Å². The number of carbonyl (C=O) groups is 1. The fourth-order valence-electron chi connectivity index (χ4n) is 2.10. The van der Waals surface area contributed by atoms with Crippen molar-refractivity contribution in [2.75, 3.05) is 0 Å². The van der Waals surface area contributed by atoms with Crippen LogP contribution >= 0.6 is 27.5 Å². The zero-order chi connectivity index (χ0) is 14.3. The minimum Gasteiger partial charge on any atom is -0.360 e. The molecule has 2 aromatic carbocycles. The number of ketones is 1. The van der Waals surface area contributed by atoms with Crippen LogP contribution in [0.1, 0.15) is 15.9 Å². The highest BCUT2D eigenvalue weighted by molar-refractivity contribution is 9.10. The van der Waals surface area contributed by atoms with Gasteiger partial charge in [0.15, 0.2) is 11.6 Å². The summed E-state index contributed by atoms with van der Waals surface area (Å²) in [5, 5.41) is 0.681. The first-order chi connectivity index (χ1) is 9.58. The van der Waals surface area contributed by atoms with Gasteiger partial charge in [-0.25, -0.2) is 4.39 Å². The van der Waals surface area contributed by atoms with Crippen LogP contribution in [-0.4, -0.2) is 10.8 Å². The molecule has 0 spiro atoms. The Labute approximate surface area is 127 Å². The smallest absolute Gasteiger partial charge is 0.198 e. The summed E-state index contributed by atoms with van der Waals surface area (Å²) in [5.41, 5.74) is 1.21. The standard InChI is InChI=1S/C15H8BrClFNO/c16-8-4-5-13-10(6-8)11(7-19-13)15(20)9-2-1-3-12(17)14(9)18/h1-7,19H. The molecule has 3 aromatic rings. The van der Waals surface area contributed by atoms with E-state index in [9.17, 15) is 9.18 Å². The Balaban J connectivity index is 2.18. The van der Waals surface area contributed by atoms with Crippen LogP contribution in [0.5, 0.6) is 0 Å². The Kier molecular flexibility index (Phi) is 3.36. The van der Waals surface area contributed by atoms with Crippen molar-refractivity contribution in [1.82, 2.24) is 4.98 Å². The van der Waals surface area contributed by atoms with Crippen molar-refractivity contribution < 1.29 is 9.18 Å². The lowest BCUT2D eigenvalue weighted by atomic mass is 10.0. The van der Waals surface area contributed by atoms with E-state index in [4.69, 9.17) is 11.6 Å². The summed E-state index contributed by atoms with van der Waals surface area (Å²) in [6.45, 7) is 0. The topological polar surface area (TPSA) is 32.9 Å². The maximum absolute atomic E-state index is 14.0. The van der Waals surface area contributed by atoms with Crippen molar-refractivity contribution in [1.29, 1.82) is 0 Å². The molecule has 3 rings (SSSR count). The van der Waals surface area contributed by atoms with Crippen molar-refractivity contribution >= 4 is 44.2 Å². The van der Waals surface area contributed by atoms with Gasteiger partial charge in [-0.2, -0.15) is 0 Å². The molecule has 0 fully saturated rings. The summed E-state index contributed by atoms with van der Waals surface area (Å²) in [6.07, 6.45) is 1.58. The minimum atomic E-state index is -0.691. The zero-order valence-electron chi connectivity index (χ0n) is 10.1.